The molecule has 4 heteroatoms. The second kappa shape index (κ2) is 7.48. The summed E-state index contributed by atoms with van der Waals surface area (Å²) in [6.45, 7) is 5.35. The van der Waals surface area contributed by atoms with Crippen LogP contribution in [-0.4, -0.2) is 60.8 Å². The summed E-state index contributed by atoms with van der Waals surface area (Å²) in [5, 5.41) is 3.91. The van der Waals surface area contributed by atoms with E-state index in [4.69, 9.17) is 4.74 Å². The van der Waals surface area contributed by atoms with Crippen LogP contribution < -0.4 is 5.32 Å². The highest BCUT2D eigenvalue weighted by Crippen LogP contribution is 2.33. The lowest BCUT2D eigenvalue weighted by Crippen LogP contribution is -2.59. The lowest BCUT2D eigenvalue weighted by molar-refractivity contribution is -0.0293. The van der Waals surface area contributed by atoms with Crippen molar-refractivity contribution in [3.8, 4) is 0 Å². The lowest BCUT2D eigenvalue weighted by Gasteiger charge is -2.46. The summed E-state index contributed by atoms with van der Waals surface area (Å²) in [5.74, 6) is 2.67. The molecule has 3 nitrogen and oxygen atoms in total. The average Bonchev–Trinajstić information content (AvgIpc) is 2.91. The Morgan fingerprint density at radius 1 is 1.10 bits per heavy atom. The predicted octanol–water partition coefficient (Wildman–Crippen LogP) is 2.51. The summed E-state index contributed by atoms with van der Waals surface area (Å²) < 4.78 is 5.58. The fourth-order valence-corrected chi connectivity index (χ4v) is 5.25. The van der Waals surface area contributed by atoms with Crippen molar-refractivity contribution < 1.29 is 4.74 Å². The molecule has 3 aliphatic rings. The van der Waals surface area contributed by atoms with E-state index in [9.17, 15) is 0 Å². The average molecular weight is 298 g/mol. The maximum absolute atomic E-state index is 5.58. The third-order valence-electron chi connectivity index (χ3n) is 5.37. The van der Waals surface area contributed by atoms with E-state index in [1.54, 1.807) is 0 Å². The first-order valence-electron chi connectivity index (χ1n) is 8.53. The molecule has 0 spiro atoms. The van der Waals surface area contributed by atoms with Crippen LogP contribution in [0.1, 0.15) is 44.9 Å². The molecule has 116 valence electrons. The molecule has 1 saturated carbocycles. The highest BCUT2D eigenvalue weighted by molar-refractivity contribution is 7.99. The van der Waals surface area contributed by atoms with Crippen LogP contribution in [0.5, 0.6) is 0 Å². The van der Waals surface area contributed by atoms with Crippen molar-refractivity contribution in [3.63, 3.8) is 0 Å². The number of hydrogen-bond acceptors (Lipinski definition) is 4. The zero-order valence-electron chi connectivity index (χ0n) is 12.7. The predicted molar refractivity (Wildman–Crippen MR) is 86.6 cm³/mol. The molecule has 2 saturated heterocycles. The molecule has 0 aromatic heterocycles. The minimum Gasteiger partial charge on any atom is -0.379 e. The molecular formula is C16H30N2OS. The topological polar surface area (TPSA) is 24.5 Å². The zero-order valence-corrected chi connectivity index (χ0v) is 13.6. The highest BCUT2D eigenvalue weighted by atomic mass is 32.2. The van der Waals surface area contributed by atoms with Gasteiger partial charge in [0.2, 0.25) is 0 Å². The molecule has 0 radical (unpaired) electrons. The molecule has 3 rings (SSSR count). The van der Waals surface area contributed by atoms with Gasteiger partial charge in [-0.1, -0.05) is 25.7 Å². The van der Waals surface area contributed by atoms with Gasteiger partial charge in [-0.15, -0.1) is 0 Å². The second-order valence-electron chi connectivity index (χ2n) is 6.68. The second-order valence-corrected chi connectivity index (χ2v) is 7.83. The number of thioether (sulfide) groups is 1. The van der Waals surface area contributed by atoms with E-state index in [-0.39, 0.29) is 0 Å². The van der Waals surface area contributed by atoms with Crippen molar-refractivity contribution >= 4 is 11.8 Å². The van der Waals surface area contributed by atoms with Crippen LogP contribution in [0.25, 0.3) is 0 Å². The number of rotatable bonds is 4. The van der Waals surface area contributed by atoms with Crippen molar-refractivity contribution in [3.05, 3.63) is 0 Å². The van der Waals surface area contributed by atoms with E-state index in [0.717, 1.165) is 32.3 Å². The number of nitrogens with zero attached hydrogens (tertiary/aromatic N) is 1. The van der Waals surface area contributed by atoms with Gasteiger partial charge in [-0.3, -0.25) is 4.90 Å². The van der Waals surface area contributed by atoms with Crippen LogP contribution in [0.4, 0.5) is 0 Å². The third kappa shape index (κ3) is 3.70. The van der Waals surface area contributed by atoms with Gasteiger partial charge in [0.1, 0.15) is 0 Å². The van der Waals surface area contributed by atoms with Gasteiger partial charge >= 0.3 is 0 Å². The molecule has 1 aliphatic carbocycles. The van der Waals surface area contributed by atoms with Crippen molar-refractivity contribution in [2.75, 3.05) is 44.4 Å². The Balaban J connectivity index is 1.64. The van der Waals surface area contributed by atoms with Crippen LogP contribution in [0.2, 0.25) is 0 Å². The first-order valence-corrected chi connectivity index (χ1v) is 9.68. The van der Waals surface area contributed by atoms with Gasteiger partial charge in [-0.25, -0.2) is 0 Å². The number of morpholine rings is 1. The van der Waals surface area contributed by atoms with Gasteiger partial charge in [0, 0.05) is 37.0 Å². The fourth-order valence-electron chi connectivity index (χ4n) is 4.06. The Kier molecular flexibility index (Phi) is 5.66. The molecule has 0 bridgehead atoms. The SMILES string of the molecule is C1CCCC(CN[C@H]2CCSC2)(N2CCOCC2)CC1. The van der Waals surface area contributed by atoms with Crippen LogP contribution in [0, 0.1) is 0 Å². The Labute approximate surface area is 128 Å². The summed E-state index contributed by atoms with van der Waals surface area (Å²) >= 11 is 2.11. The standard InChI is InChI=1S/C16H30N2OS/c1-2-4-7-16(6-3-1,18-8-10-19-11-9-18)14-17-15-5-12-20-13-15/h15,17H,1-14H2/t15-/m0/s1. The molecule has 2 heterocycles. The zero-order chi connectivity index (χ0) is 13.7. The van der Waals surface area contributed by atoms with Crippen molar-refractivity contribution in [2.24, 2.45) is 0 Å². The van der Waals surface area contributed by atoms with Gasteiger partial charge in [0.05, 0.1) is 13.2 Å². The molecule has 0 unspecified atom stereocenters. The maximum Gasteiger partial charge on any atom is 0.0594 e. The van der Waals surface area contributed by atoms with E-state index in [1.165, 1.54) is 63.0 Å². The summed E-state index contributed by atoms with van der Waals surface area (Å²) in [5.41, 5.74) is 0.424. The van der Waals surface area contributed by atoms with Crippen LogP contribution in [0.15, 0.2) is 0 Å². The molecule has 0 amide bonds. The molecule has 1 atom stereocenters. The van der Waals surface area contributed by atoms with Crippen LogP contribution >= 0.6 is 11.8 Å². The van der Waals surface area contributed by atoms with Gasteiger partial charge in [-0.2, -0.15) is 11.8 Å². The molecule has 3 fully saturated rings. The normalized spacial score (nSPS) is 32.1. The molecule has 1 N–H and O–H groups in total. The molecular weight excluding hydrogens is 268 g/mol. The van der Waals surface area contributed by atoms with Gasteiger partial charge < -0.3 is 10.1 Å². The summed E-state index contributed by atoms with van der Waals surface area (Å²) in [4.78, 5) is 2.76. The summed E-state index contributed by atoms with van der Waals surface area (Å²) in [7, 11) is 0. The van der Waals surface area contributed by atoms with Crippen LogP contribution in [0.3, 0.4) is 0 Å². The fraction of sp³-hybridized carbons (Fsp3) is 1.00. The summed E-state index contributed by atoms with van der Waals surface area (Å²) in [6, 6.07) is 0.765. The van der Waals surface area contributed by atoms with E-state index in [2.05, 4.69) is 22.0 Å². The Morgan fingerprint density at radius 2 is 1.85 bits per heavy atom. The highest BCUT2D eigenvalue weighted by Gasteiger charge is 2.38. The minimum atomic E-state index is 0.424. The Bertz CT molecular complexity index is 280. The van der Waals surface area contributed by atoms with Crippen molar-refractivity contribution in [1.29, 1.82) is 0 Å². The van der Waals surface area contributed by atoms with E-state index >= 15 is 0 Å². The Morgan fingerprint density at radius 3 is 2.50 bits per heavy atom. The maximum atomic E-state index is 5.58. The molecule has 2 aliphatic heterocycles. The van der Waals surface area contributed by atoms with Crippen molar-refractivity contribution in [2.45, 2.75) is 56.5 Å². The monoisotopic (exact) mass is 298 g/mol. The molecule has 0 aromatic carbocycles. The first-order chi connectivity index (χ1) is 9.89. The summed E-state index contributed by atoms with van der Waals surface area (Å²) in [6.07, 6.45) is 9.84. The van der Waals surface area contributed by atoms with Crippen molar-refractivity contribution in [1.82, 2.24) is 10.2 Å². The third-order valence-corrected chi connectivity index (χ3v) is 6.53. The van der Waals surface area contributed by atoms with Gasteiger partial charge in [-0.05, 0) is 25.0 Å². The number of nitrogens with one attached hydrogen (secondary N) is 1. The largest absolute Gasteiger partial charge is 0.379 e. The molecule has 20 heavy (non-hydrogen) atoms. The Hall–Kier alpha value is 0.230. The van der Waals surface area contributed by atoms with E-state index in [1.807, 2.05) is 0 Å². The quantitative estimate of drug-likeness (QED) is 0.806. The smallest absolute Gasteiger partial charge is 0.0594 e. The van der Waals surface area contributed by atoms with E-state index in [0.29, 0.717) is 5.54 Å². The lowest BCUT2D eigenvalue weighted by atomic mass is 9.87. The number of ether oxygens (including phenoxy) is 1. The van der Waals surface area contributed by atoms with Gasteiger partial charge in [0.25, 0.3) is 0 Å². The molecule has 0 aromatic rings. The first kappa shape index (κ1) is 15.1. The van der Waals surface area contributed by atoms with E-state index < -0.39 is 0 Å². The number of hydrogen-bond donors (Lipinski definition) is 1. The van der Waals surface area contributed by atoms with Crippen LogP contribution in [-0.2, 0) is 4.74 Å². The van der Waals surface area contributed by atoms with Gasteiger partial charge in [0.15, 0.2) is 0 Å². The minimum absolute atomic E-state index is 0.424.